The second-order valence-electron chi connectivity index (χ2n) is 7.86. The number of piperidine rings is 1. The number of nitrogens with zero attached hydrogens (tertiary/aromatic N) is 1. The summed E-state index contributed by atoms with van der Waals surface area (Å²) >= 11 is 0. The molecule has 0 aromatic heterocycles. The monoisotopic (exact) mass is 415 g/mol. The van der Waals surface area contributed by atoms with Gasteiger partial charge in [0.15, 0.2) is 0 Å². The van der Waals surface area contributed by atoms with Crippen LogP contribution in [0.25, 0.3) is 0 Å². The van der Waals surface area contributed by atoms with E-state index >= 15 is 0 Å². The molecule has 4 rings (SSSR count). The minimum atomic E-state index is 0.00573. The van der Waals surface area contributed by atoms with Crippen LogP contribution in [0.4, 0.5) is 5.69 Å². The number of ether oxygens (including phenoxy) is 1. The van der Waals surface area contributed by atoms with Gasteiger partial charge in [0.2, 0.25) is 5.91 Å². The van der Waals surface area contributed by atoms with Crippen LogP contribution in [0.3, 0.4) is 0 Å². The highest BCUT2D eigenvalue weighted by atomic mass is 16.5. The third-order valence-corrected chi connectivity index (χ3v) is 5.52. The molecule has 5 nitrogen and oxygen atoms in total. The largest absolute Gasteiger partial charge is 0.457 e. The number of carbonyl (C=O) groups excluding carboxylic acids is 1. The standard InChI is InChI=1S/C26H29N3O2/c30-26(28-22-11-13-25(14-12-22)31-24-9-5-2-6-10-24)20-29(23-15-17-27-18-16-23)19-21-7-3-1-4-8-21/h1-14,23,27H,15-20H2,(H,28,30). The molecular weight excluding hydrogens is 386 g/mol. The van der Waals surface area contributed by atoms with Crippen molar-refractivity contribution in [2.45, 2.75) is 25.4 Å². The predicted molar refractivity (Wildman–Crippen MR) is 124 cm³/mol. The first-order valence-electron chi connectivity index (χ1n) is 10.9. The zero-order valence-corrected chi connectivity index (χ0v) is 17.7. The number of amides is 1. The SMILES string of the molecule is O=C(CN(Cc1ccccc1)C1CCNCC1)Nc1ccc(Oc2ccccc2)cc1. The van der Waals surface area contributed by atoms with E-state index in [4.69, 9.17) is 4.74 Å². The summed E-state index contributed by atoms with van der Waals surface area (Å²) in [5, 5.41) is 6.45. The lowest BCUT2D eigenvalue weighted by molar-refractivity contribution is -0.118. The molecule has 0 aliphatic carbocycles. The van der Waals surface area contributed by atoms with Crippen molar-refractivity contribution >= 4 is 11.6 Å². The number of hydrogen-bond donors (Lipinski definition) is 2. The molecule has 0 radical (unpaired) electrons. The Hall–Kier alpha value is -3.15. The maximum atomic E-state index is 12.8. The van der Waals surface area contributed by atoms with Crippen LogP contribution >= 0.6 is 0 Å². The van der Waals surface area contributed by atoms with Gasteiger partial charge in [-0.1, -0.05) is 48.5 Å². The molecule has 2 N–H and O–H groups in total. The summed E-state index contributed by atoms with van der Waals surface area (Å²) in [5.74, 6) is 1.54. The van der Waals surface area contributed by atoms with Crippen LogP contribution in [0.15, 0.2) is 84.9 Å². The van der Waals surface area contributed by atoms with Crippen molar-refractivity contribution in [1.82, 2.24) is 10.2 Å². The van der Waals surface area contributed by atoms with E-state index in [1.54, 1.807) is 0 Å². The molecule has 0 atom stereocenters. The molecule has 1 aliphatic heterocycles. The molecule has 31 heavy (non-hydrogen) atoms. The van der Waals surface area contributed by atoms with Crippen LogP contribution in [0.5, 0.6) is 11.5 Å². The quantitative estimate of drug-likeness (QED) is 0.561. The normalized spacial score (nSPS) is 14.4. The van der Waals surface area contributed by atoms with Gasteiger partial charge >= 0.3 is 0 Å². The summed E-state index contributed by atoms with van der Waals surface area (Å²) in [4.78, 5) is 15.1. The van der Waals surface area contributed by atoms with E-state index < -0.39 is 0 Å². The molecular formula is C26H29N3O2. The highest BCUT2D eigenvalue weighted by Gasteiger charge is 2.23. The molecule has 1 aliphatic rings. The minimum Gasteiger partial charge on any atom is -0.457 e. The van der Waals surface area contributed by atoms with Gasteiger partial charge in [0.25, 0.3) is 0 Å². The number of nitrogens with one attached hydrogen (secondary N) is 2. The van der Waals surface area contributed by atoms with Gasteiger partial charge in [0.05, 0.1) is 6.54 Å². The Kier molecular flexibility index (Phi) is 7.32. The van der Waals surface area contributed by atoms with Crippen LogP contribution in [-0.4, -0.2) is 36.5 Å². The zero-order chi connectivity index (χ0) is 21.3. The first-order valence-corrected chi connectivity index (χ1v) is 10.9. The predicted octanol–water partition coefficient (Wildman–Crippen LogP) is 4.67. The van der Waals surface area contributed by atoms with Gasteiger partial charge in [-0.25, -0.2) is 0 Å². The smallest absolute Gasteiger partial charge is 0.238 e. The molecule has 0 bridgehead atoms. The number of anilines is 1. The van der Waals surface area contributed by atoms with Gasteiger partial charge in [0, 0.05) is 18.3 Å². The van der Waals surface area contributed by atoms with Crippen LogP contribution in [0.2, 0.25) is 0 Å². The van der Waals surface area contributed by atoms with Crippen molar-refractivity contribution in [3.63, 3.8) is 0 Å². The topological polar surface area (TPSA) is 53.6 Å². The Morgan fingerprint density at radius 2 is 1.48 bits per heavy atom. The van der Waals surface area contributed by atoms with E-state index in [0.717, 1.165) is 49.7 Å². The van der Waals surface area contributed by atoms with Crippen molar-refractivity contribution in [3.8, 4) is 11.5 Å². The fourth-order valence-electron chi connectivity index (χ4n) is 3.92. The molecule has 3 aromatic carbocycles. The summed E-state index contributed by atoms with van der Waals surface area (Å²) in [6.07, 6.45) is 2.12. The Bertz CT molecular complexity index is 939. The summed E-state index contributed by atoms with van der Waals surface area (Å²) in [7, 11) is 0. The number of hydrogen-bond acceptors (Lipinski definition) is 4. The highest BCUT2D eigenvalue weighted by Crippen LogP contribution is 2.23. The Labute approximate surface area is 184 Å². The fraction of sp³-hybridized carbons (Fsp3) is 0.269. The number of para-hydroxylation sites is 1. The lowest BCUT2D eigenvalue weighted by Gasteiger charge is -2.34. The van der Waals surface area contributed by atoms with Crippen molar-refractivity contribution in [1.29, 1.82) is 0 Å². The molecule has 1 fully saturated rings. The van der Waals surface area contributed by atoms with Crippen LogP contribution in [0.1, 0.15) is 18.4 Å². The van der Waals surface area contributed by atoms with Crippen LogP contribution in [-0.2, 0) is 11.3 Å². The van der Waals surface area contributed by atoms with Crippen LogP contribution < -0.4 is 15.4 Å². The lowest BCUT2D eigenvalue weighted by atomic mass is 10.0. The molecule has 3 aromatic rings. The Morgan fingerprint density at radius 3 is 2.16 bits per heavy atom. The first kappa shape index (κ1) is 21.1. The average Bonchev–Trinajstić information content (AvgIpc) is 2.82. The number of benzene rings is 3. The van der Waals surface area contributed by atoms with E-state index in [9.17, 15) is 4.79 Å². The third-order valence-electron chi connectivity index (χ3n) is 5.52. The minimum absolute atomic E-state index is 0.00573. The second-order valence-corrected chi connectivity index (χ2v) is 7.86. The summed E-state index contributed by atoms with van der Waals surface area (Å²) < 4.78 is 5.82. The van der Waals surface area contributed by atoms with Gasteiger partial charge in [-0.3, -0.25) is 9.69 Å². The van der Waals surface area contributed by atoms with Gasteiger partial charge in [-0.2, -0.15) is 0 Å². The van der Waals surface area contributed by atoms with Gasteiger partial charge < -0.3 is 15.4 Å². The first-order chi connectivity index (χ1) is 15.3. The van der Waals surface area contributed by atoms with E-state index in [0.29, 0.717) is 12.6 Å². The van der Waals surface area contributed by atoms with Crippen molar-refractivity contribution in [2.75, 3.05) is 25.0 Å². The molecule has 0 unspecified atom stereocenters. The molecule has 5 heteroatoms. The molecule has 0 saturated carbocycles. The van der Waals surface area contributed by atoms with E-state index in [2.05, 4.69) is 39.8 Å². The van der Waals surface area contributed by atoms with Crippen molar-refractivity contribution < 1.29 is 9.53 Å². The van der Waals surface area contributed by atoms with Crippen molar-refractivity contribution in [3.05, 3.63) is 90.5 Å². The van der Waals surface area contributed by atoms with E-state index in [1.807, 2.05) is 60.7 Å². The third kappa shape index (κ3) is 6.41. The molecule has 0 spiro atoms. The molecule has 1 saturated heterocycles. The Morgan fingerprint density at radius 1 is 0.871 bits per heavy atom. The maximum Gasteiger partial charge on any atom is 0.238 e. The lowest BCUT2D eigenvalue weighted by Crippen LogP contribution is -2.45. The fourth-order valence-corrected chi connectivity index (χ4v) is 3.92. The average molecular weight is 416 g/mol. The summed E-state index contributed by atoms with van der Waals surface area (Å²) in [6.45, 7) is 3.16. The van der Waals surface area contributed by atoms with E-state index in [-0.39, 0.29) is 5.91 Å². The van der Waals surface area contributed by atoms with Gasteiger partial charge in [-0.15, -0.1) is 0 Å². The molecule has 1 heterocycles. The molecule has 1 amide bonds. The summed E-state index contributed by atoms with van der Waals surface area (Å²) in [6, 6.07) is 27.9. The summed E-state index contributed by atoms with van der Waals surface area (Å²) in [5.41, 5.74) is 2.01. The Balaban J connectivity index is 1.36. The molecule has 160 valence electrons. The second kappa shape index (κ2) is 10.8. The maximum absolute atomic E-state index is 12.8. The highest BCUT2D eigenvalue weighted by molar-refractivity contribution is 5.92. The van der Waals surface area contributed by atoms with Crippen molar-refractivity contribution in [2.24, 2.45) is 0 Å². The zero-order valence-electron chi connectivity index (χ0n) is 17.7. The number of rotatable bonds is 8. The van der Waals surface area contributed by atoms with Crippen LogP contribution in [0, 0.1) is 0 Å². The van der Waals surface area contributed by atoms with Gasteiger partial charge in [-0.05, 0) is 67.9 Å². The van der Waals surface area contributed by atoms with Gasteiger partial charge in [0.1, 0.15) is 11.5 Å². The number of carbonyl (C=O) groups is 1. The van der Waals surface area contributed by atoms with E-state index in [1.165, 1.54) is 5.56 Å².